The highest BCUT2D eigenvalue weighted by Crippen LogP contribution is 2.30. The second-order valence-corrected chi connectivity index (χ2v) is 11.6. The first-order valence-electron chi connectivity index (χ1n) is 11.6. The molecule has 2 fully saturated rings. The molecule has 1 aliphatic carbocycles. The number of sulfonamides is 1. The van der Waals surface area contributed by atoms with Crippen LogP contribution in [0, 0.1) is 11.7 Å². The minimum Gasteiger partial charge on any atom is -0.494 e. The van der Waals surface area contributed by atoms with Gasteiger partial charge in [-0.2, -0.15) is 4.31 Å². The van der Waals surface area contributed by atoms with Crippen molar-refractivity contribution in [1.29, 1.82) is 0 Å². The van der Waals surface area contributed by atoms with Gasteiger partial charge in [0.25, 0.3) is 0 Å². The third-order valence-electron chi connectivity index (χ3n) is 6.61. The van der Waals surface area contributed by atoms with Gasteiger partial charge in [0.15, 0.2) is 16.7 Å². The molecule has 4 rings (SSSR count). The van der Waals surface area contributed by atoms with E-state index < -0.39 is 34.3 Å². The summed E-state index contributed by atoms with van der Waals surface area (Å²) in [6.45, 7) is -0.339. The molecule has 1 N–H and O–H groups in total. The van der Waals surface area contributed by atoms with Gasteiger partial charge in [-0.3, -0.25) is 9.59 Å². The standard InChI is InChI=1S/C23H29FN4O5S2/c1-33-20-8-7-17(14-18(20)24)35(31,32)27-10-11-28(21(29)15-27)19(13-16-5-3-2-4-6-16)22(30)26-23-25-9-12-34-23/h7-9,12,14,16,19H,2-6,10-11,13,15H2,1H3,(H,25,26,30). The molecule has 0 spiro atoms. The fourth-order valence-corrected chi connectivity index (χ4v) is 6.67. The van der Waals surface area contributed by atoms with E-state index in [2.05, 4.69) is 10.3 Å². The number of ether oxygens (including phenoxy) is 1. The summed E-state index contributed by atoms with van der Waals surface area (Å²) in [7, 11) is -2.81. The maximum Gasteiger partial charge on any atom is 0.248 e. The zero-order chi connectivity index (χ0) is 25.0. The Morgan fingerprint density at radius 3 is 2.69 bits per heavy atom. The molecule has 12 heteroatoms. The van der Waals surface area contributed by atoms with Crippen molar-refractivity contribution < 1.29 is 27.1 Å². The first-order chi connectivity index (χ1) is 16.8. The number of carbonyl (C=O) groups excluding carboxylic acids is 2. The quantitative estimate of drug-likeness (QED) is 0.569. The fourth-order valence-electron chi connectivity index (χ4n) is 4.74. The van der Waals surface area contributed by atoms with Gasteiger partial charge in [0.05, 0.1) is 18.6 Å². The minimum atomic E-state index is -4.10. The van der Waals surface area contributed by atoms with Crippen molar-refractivity contribution in [2.45, 2.75) is 49.5 Å². The second kappa shape index (κ2) is 11.0. The first-order valence-corrected chi connectivity index (χ1v) is 13.9. The predicted molar refractivity (Wildman–Crippen MR) is 129 cm³/mol. The average Bonchev–Trinajstić information content (AvgIpc) is 3.36. The van der Waals surface area contributed by atoms with E-state index in [1.807, 2.05) is 0 Å². The lowest BCUT2D eigenvalue weighted by Crippen LogP contribution is -2.58. The Labute approximate surface area is 208 Å². The molecule has 1 atom stereocenters. The summed E-state index contributed by atoms with van der Waals surface area (Å²) in [6.07, 6.45) is 7.51. The van der Waals surface area contributed by atoms with Gasteiger partial charge in [-0.25, -0.2) is 17.8 Å². The molecular formula is C23H29FN4O5S2. The van der Waals surface area contributed by atoms with E-state index in [4.69, 9.17) is 4.74 Å². The van der Waals surface area contributed by atoms with Crippen molar-refractivity contribution >= 4 is 38.3 Å². The monoisotopic (exact) mass is 524 g/mol. The molecule has 2 aromatic rings. The number of aromatic nitrogens is 1. The number of thiazole rings is 1. The van der Waals surface area contributed by atoms with Gasteiger partial charge in [0.2, 0.25) is 21.8 Å². The lowest BCUT2D eigenvalue weighted by Gasteiger charge is -2.39. The van der Waals surface area contributed by atoms with E-state index in [0.29, 0.717) is 17.5 Å². The number of benzene rings is 1. The Hall–Kier alpha value is -2.57. The number of hydrogen-bond acceptors (Lipinski definition) is 7. The Bertz CT molecular complexity index is 1150. The molecule has 1 saturated heterocycles. The van der Waals surface area contributed by atoms with Gasteiger partial charge in [0.1, 0.15) is 6.04 Å². The van der Waals surface area contributed by atoms with Crippen LogP contribution in [-0.2, 0) is 19.6 Å². The number of hydrogen-bond donors (Lipinski definition) is 1. The molecule has 1 aromatic carbocycles. The SMILES string of the molecule is COc1ccc(S(=O)(=O)N2CCN(C(CC3CCCCC3)C(=O)Nc3nccs3)C(=O)C2)cc1F. The Morgan fingerprint density at radius 2 is 2.06 bits per heavy atom. The lowest BCUT2D eigenvalue weighted by molar-refractivity contribution is -0.142. The molecule has 1 aromatic heterocycles. The maximum atomic E-state index is 14.1. The van der Waals surface area contributed by atoms with Crippen LogP contribution in [0.25, 0.3) is 0 Å². The van der Waals surface area contributed by atoms with Crippen LogP contribution in [0.15, 0.2) is 34.7 Å². The number of nitrogens with one attached hydrogen (secondary N) is 1. The van der Waals surface area contributed by atoms with Crippen molar-refractivity contribution in [1.82, 2.24) is 14.2 Å². The number of anilines is 1. The number of carbonyl (C=O) groups is 2. The summed E-state index contributed by atoms with van der Waals surface area (Å²) < 4.78 is 46.2. The number of amides is 2. The van der Waals surface area contributed by atoms with Crippen molar-refractivity contribution in [2.75, 3.05) is 32.1 Å². The molecule has 0 radical (unpaired) electrons. The number of nitrogens with zero attached hydrogens (tertiary/aromatic N) is 3. The summed E-state index contributed by atoms with van der Waals surface area (Å²) in [5, 5.41) is 5.01. The summed E-state index contributed by atoms with van der Waals surface area (Å²) in [5.74, 6) is -1.31. The van der Waals surface area contributed by atoms with Crippen LogP contribution in [0.2, 0.25) is 0 Å². The predicted octanol–water partition coefficient (Wildman–Crippen LogP) is 3.10. The van der Waals surface area contributed by atoms with Crippen molar-refractivity contribution in [3.8, 4) is 5.75 Å². The van der Waals surface area contributed by atoms with E-state index in [1.165, 1.54) is 41.9 Å². The first kappa shape index (κ1) is 25.5. The molecule has 2 amide bonds. The molecule has 190 valence electrons. The van der Waals surface area contributed by atoms with Gasteiger partial charge >= 0.3 is 0 Å². The topological polar surface area (TPSA) is 109 Å². The summed E-state index contributed by atoms with van der Waals surface area (Å²) >= 11 is 1.29. The summed E-state index contributed by atoms with van der Waals surface area (Å²) in [5.41, 5.74) is 0. The van der Waals surface area contributed by atoms with Gasteiger partial charge in [-0.05, 0) is 30.5 Å². The second-order valence-electron chi connectivity index (χ2n) is 8.80. The minimum absolute atomic E-state index is 0.00736. The number of halogens is 1. The molecule has 1 aliphatic heterocycles. The summed E-state index contributed by atoms with van der Waals surface area (Å²) in [4.78, 5) is 31.7. The third-order valence-corrected chi connectivity index (χ3v) is 9.14. The molecule has 1 unspecified atom stereocenters. The Kier molecular flexibility index (Phi) is 8.02. The van der Waals surface area contributed by atoms with Crippen molar-refractivity contribution in [3.63, 3.8) is 0 Å². The molecule has 9 nitrogen and oxygen atoms in total. The molecule has 0 bridgehead atoms. The van der Waals surface area contributed by atoms with Crippen LogP contribution in [0.1, 0.15) is 38.5 Å². The van der Waals surface area contributed by atoms with Crippen molar-refractivity contribution in [2.24, 2.45) is 5.92 Å². The lowest BCUT2D eigenvalue weighted by atomic mass is 9.84. The molecule has 2 aliphatic rings. The van der Waals surface area contributed by atoms with Gasteiger partial charge < -0.3 is 15.0 Å². The van der Waals surface area contributed by atoms with Crippen molar-refractivity contribution in [3.05, 3.63) is 35.6 Å². The smallest absolute Gasteiger partial charge is 0.248 e. The van der Waals surface area contributed by atoms with Crippen LogP contribution in [-0.4, -0.2) is 67.2 Å². The molecule has 1 saturated carbocycles. The van der Waals surface area contributed by atoms with E-state index in [1.54, 1.807) is 11.6 Å². The van der Waals surface area contributed by atoms with E-state index in [-0.39, 0.29) is 29.6 Å². The fraction of sp³-hybridized carbons (Fsp3) is 0.522. The van der Waals surface area contributed by atoms with Crippen LogP contribution in [0.3, 0.4) is 0 Å². The van der Waals surface area contributed by atoms with Crippen LogP contribution in [0.5, 0.6) is 5.75 Å². The molecule has 35 heavy (non-hydrogen) atoms. The van der Waals surface area contributed by atoms with Crippen LogP contribution in [0.4, 0.5) is 9.52 Å². The van der Waals surface area contributed by atoms with E-state index in [0.717, 1.165) is 36.1 Å². The average molecular weight is 525 g/mol. The Balaban J connectivity index is 1.50. The maximum absolute atomic E-state index is 14.1. The third kappa shape index (κ3) is 5.81. The highest BCUT2D eigenvalue weighted by Gasteiger charge is 2.39. The zero-order valence-electron chi connectivity index (χ0n) is 19.5. The van der Waals surface area contributed by atoms with E-state index >= 15 is 0 Å². The van der Waals surface area contributed by atoms with Gasteiger partial charge in [-0.1, -0.05) is 32.1 Å². The Morgan fingerprint density at radius 1 is 1.29 bits per heavy atom. The number of methoxy groups -OCH3 is 1. The number of piperazine rings is 1. The summed E-state index contributed by atoms with van der Waals surface area (Å²) in [6, 6.07) is 2.67. The molecular weight excluding hydrogens is 495 g/mol. The highest BCUT2D eigenvalue weighted by atomic mass is 32.2. The van der Waals surface area contributed by atoms with Crippen LogP contribution >= 0.6 is 11.3 Å². The van der Waals surface area contributed by atoms with E-state index in [9.17, 15) is 22.4 Å². The highest BCUT2D eigenvalue weighted by molar-refractivity contribution is 7.89. The largest absolute Gasteiger partial charge is 0.494 e. The number of rotatable bonds is 8. The van der Waals surface area contributed by atoms with Gasteiger partial charge in [0, 0.05) is 24.7 Å². The zero-order valence-corrected chi connectivity index (χ0v) is 21.1. The van der Waals surface area contributed by atoms with Gasteiger partial charge in [-0.15, -0.1) is 11.3 Å². The van der Waals surface area contributed by atoms with Crippen LogP contribution < -0.4 is 10.1 Å². The normalized spacial score (nSPS) is 18.9. The molecule has 2 heterocycles.